The van der Waals surface area contributed by atoms with E-state index in [4.69, 9.17) is 4.74 Å². The highest BCUT2D eigenvalue weighted by molar-refractivity contribution is 5.82. The first-order chi connectivity index (χ1) is 10.6. The van der Waals surface area contributed by atoms with E-state index >= 15 is 0 Å². The van der Waals surface area contributed by atoms with Gasteiger partial charge < -0.3 is 10.1 Å². The molecular formula is C15H25N3O4. The van der Waals surface area contributed by atoms with Crippen LogP contribution in [0.3, 0.4) is 0 Å². The molecule has 0 radical (unpaired) electrons. The predicted octanol–water partition coefficient (Wildman–Crippen LogP) is 0.803. The lowest BCUT2D eigenvalue weighted by molar-refractivity contribution is -0.497. The molecule has 0 spiro atoms. The second-order valence-corrected chi connectivity index (χ2v) is 6.80. The number of ether oxygens (including phenoxy) is 1. The summed E-state index contributed by atoms with van der Waals surface area (Å²) in [5, 5.41) is 13.7. The fourth-order valence-corrected chi connectivity index (χ4v) is 3.93. The number of morpholine rings is 1. The third kappa shape index (κ3) is 3.25. The normalized spacial score (nSPS) is 31.5. The number of carbonyl (C=O) groups is 1. The highest BCUT2D eigenvalue weighted by atomic mass is 16.6. The second kappa shape index (κ2) is 6.50. The second-order valence-electron chi connectivity index (χ2n) is 6.80. The number of rotatable bonds is 5. The maximum absolute atomic E-state index is 12.1. The van der Waals surface area contributed by atoms with Crippen LogP contribution in [0, 0.1) is 16.0 Å². The van der Waals surface area contributed by atoms with E-state index in [1.807, 2.05) is 0 Å². The molecule has 1 N–H and O–H groups in total. The van der Waals surface area contributed by atoms with Crippen LogP contribution in [-0.2, 0) is 9.53 Å². The largest absolute Gasteiger partial charge is 0.379 e. The fraction of sp³-hybridized carbons (Fsp3) is 0.933. The van der Waals surface area contributed by atoms with Crippen molar-refractivity contribution in [1.29, 1.82) is 0 Å². The summed E-state index contributed by atoms with van der Waals surface area (Å²) < 4.78 is 5.45. The van der Waals surface area contributed by atoms with Crippen molar-refractivity contribution in [3.63, 3.8) is 0 Å². The van der Waals surface area contributed by atoms with Crippen LogP contribution in [0.1, 0.15) is 38.5 Å². The minimum atomic E-state index is -0.661. The summed E-state index contributed by atoms with van der Waals surface area (Å²) in [7, 11) is 0. The molecule has 2 saturated carbocycles. The molecule has 2 atom stereocenters. The van der Waals surface area contributed by atoms with Crippen LogP contribution in [0.15, 0.2) is 0 Å². The number of nitrogens with zero attached hydrogens (tertiary/aromatic N) is 2. The highest BCUT2D eigenvalue weighted by Gasteiger charge is 2.53. The van der Waals surface area contributed by atoms with Crippen molar-refractivity contribution in [3.8, 4) is 0 Å². The van der Waals surface area contributed by atoms with E-state index in [1.165, 1.54) is 19.3 Å². The SMILES string of the molecule is O=C(NCC1(N2CCOCC2)CCCCC1)[C@@H]1C[C@@H]1[N+](=O)[O-]. The first-order valence-electron chi connectivity index (χ1n) is 8.36. The molecule has 0 aromatic heterocycles. The zero-order valence-electron chi connectivity index (χ0n) is 13.0. The standard InChI is InChI=1S/C15H25N3O4/c19-14(12-10-13(12)18(20)21)16-11-15(4-2-1-3-5-15)17-6-8-22-9-7-17/h12-13H,1-11H2,(H,16,19)/t12-,13+/m1/s1. The summed E-state index contributed by atoms with van der Waals surface area (Å²) in [4.78, 5) is 25.0. The minimum absolute atomic E-state index is 0.0245. The molecule has 1 saturated heterocycles. The summed E-state index contributed by atoms with van der Waals surface area (Å²) in [5.41, 5.74) is 0.0245. The van der Waals surface area contributed by atoms with Gasteiger partial charge in [0.15, 0.2) is 0 Å². The summed E-state index contributed by atoms with van der Waals surface area (Å²) in [5.74, 6) is -0.555. The fourth-order valence-electron chi connectivity index (χ4n) is 3.93. The van der Waals surface area contributed by atoms with Gasteiger partial charge in [-0.05, 0) is 12.8 Å². The summed E-state index contributed by atoms with van der Waals surface area (Å²) in [6.45, 7) is 3.95. The Hall–Kier alpha value is -1.21. The number of amides is 1. The molecule has 2 aliphatic carbocycles. The molecule has 7 nitrogen and oxygen atoms in total. The Bertz CT molecular complexity index is 431. The molecule has 3 aliphatic rings. The molecule has 0 bridgehead atoms. The third-order valence-corrected chi connectivity index (χ3v) is 5.42. The van der Waals surface area contributed by atoms with Gasteiger partial charge in [-0.15, -0.1) is 0 Å². The quantitative estimate of drug-likeness (QED) is 0.600. The molecule has 3 rings (SSSR count). The minimum Gasteiger partial charge on any atom is -0.379 e. The number of nitrogens with one attached hydrogen (secondary N) is 1. The van der Waals surface area contributed by atoms with Gasteiger partial charge >= 0.3 is 0 Å². The Morgan fingerprint density at radius 2 is 1.95 bits per heavy atom. The number of carbonyl (C=O) groups excluding carboxylic acids is 1. The van der Waals surface area contributed by atoms with Gasteiger partial charge in [0.25, 0.3) is 0 Å². The van der Waals surface area contributed by atoms with Crippen LogP contribution in [0.4, 0.5) is 0 Å². The molecule has 1 heterocycles. The lowest BCUT2D eigenvalue weighted by atomic mass is 9.79. The van der Waals surface area contributed by atoms with Gasteiger partial charge in [0.2, 0.25) is 11.9 Å². The lowest BCUT2D eigenvalue weighted by Gasteiger charge is -2.48. The Balaban J connectivity index is 1.58. The van der Waals surface area contributed by atoms with Crippen molar-refractivity contribution in [2.45, 2.75) is 50.1 Å². The molecule has 22 heavy (non-hydrogen) atoms. The van der Waals surface area contributed by atoms with Gasteiger partial charge in [0.1, 0.15) is 5.92 Å². The number of hydrogen-bond acceptors (Lipinski definition) is 5. The van der Waals surface area contributed by atoms with Gasteiger partial charge in [-0.3, -0.25) is 19.8 Å². The molecule has 124 valence electrons. The molecule has 1 aliphatic heterocycles. The van der Waals surface area contributed by atoms with Crippen LogP contribution in [0.25, 0.3) is 0 Å². The van der Waals surface area contributed by atoms with E-state index < -0.39 is 12.0 Å². The van der Waals surface area contributed by atoms with Crippen molar-refractivity contribution < 1.29 is 14.5 Å². The number of hydrogen-bond donors (Lipinski definition) is 1. The van der Waals surface area contributed by atoms with Gasteiger partial charge in [0, 0.05) is 36.5 Å². The third-order valence-electron chi connectivity index (χ3n) is 5.42. The Morgan fingerprint density at radius 3 is 2.55 bits per heavy atom. The van der Waals surface area contributed by atoms with Crippen molar-refractivity contribution >= 4 is 5.91 Å². The number of nitro groups is 1. The molecule has 3 fully saturated rings. The summed E-state index contributed by atoms with van der Waals surface area (Å²) in [6, 6.07) is -0.661. The van der Waals surface area contributed by atoms with Crippen LogP contribution in [0.2, 0.25) is 0 Å². The van der Waals surface area contributed by atoms with Crippen LogP contribution < -0.4 is 5.32 Å². The van der Waals surface area contributed by atoms with Gasteiger partial charge in [-0.1, -0.05) is 19.3 Å². The van der Waals surface area contributed by atoms with E-state index in [-0.39, 0.29) is 16.4 Å². The molecule has 0 aromatic rings. The van der Waals surface area contributed by atoms with E-state index in [1.54, 1.807) is 0 Å². The van der Waals surface area contributed by atoms with Crippen LogP contribution >= 0.6 is 0 Å². The van der Waals surface area contributed by atoms with Crippen molar-refractivity contribution in [2.75, 3.05) is 32.8 Å². The highest BCUT2D eigenvalue weighted by Crippen LogP contribution is 2.36. The molecule has 7 heteroatoms. The Morgan fingerprint density at radius 1 is 1.27 bits per heavy atom. The lowest BCUT2D eigenvalue weighted by Crippen LogP contribution is -2.59. The predicted molar refractivity (Wildman–Crippen MR) is 80.1 cm³/mol. The van der Waals surface area contributed by atoms with E-state index in [2.05, 4.69) is 10.2 Å². The Kier molecular flexibility index (Phi) is 4.63. The van der Waals surface area contributed by atoms with Gasteiger partial charge in [-0.2, -0.15) is 0 Å². The smallest absolute Gasteiger partial charge is 0.230 e. The monoisotopic (exact) mass is 311 g/mol. The van der Waals surface area contributed by atoms with Gasteiger partial charge in [-0.25, -0.2) is 0 Å². The zero-order chi connectivity index (χ0) is 15.6. The maximum Gasteiger partial charge on any atom is 0.230 e. The first-order valence-corrected chi connectivity index (χ1v) is 8.36. The first kappa shape index (κ1) is 15.7. The summed E-state index contributed by atoms with van der Waals surface area (Å²) in [6.07, 6.45) is 6.21. The molecular weight excluding hydrogens is 286 g/mol. The maximum atomic E-state index is 12.1. The molecule has 0 unspecified atom stereocenters. The van der Waals surface area contributed by atoms with Crippen molar-refractivity contribution in [3.05, 3.63) is 10.1 Å². The average Bonchev–Trinajstić information content (AvgIpc) is 3.35. The topological polar surface area (TPSA) is 84.7 Å². The van der Waals surface area contributed by atoms with Crippen molar-refractivity contribution in [2.24, 2.45) is 5.92 Å². The van der Waals surface area contributed by atoms with E-state index in [0.29, 0.717) is 13.0 Å². The molecule has 1 amide bonds. The van der Waals surface area contributed by atoms with Gasteiger partial charge in [0.05, 0.1) is 13.2 Å². The van der Waals surface area contributed by atoms with Crippen LogP contribution in [0.5, 0.6) is 0 Å². The average molecular weight is 311 g/mol. The zero-order valence-corrected chi connectivity index (χ0v) is 13.0. The molecule has 0 aromatic carbocycles. The summed E-state index contributed by atoms with van der Waals surface area (Å²) >= 11 is 0. The van der Waals surface area contributed by atoms with Crippen molar-refractivity contribution in [1.82, 2.24) is 10.2 Å². The van der Waals surface area contributed by atoms with E-state index in [0.717, 1.165) is 39.1 Å². The van der Waals surface area contributed by atoms with Crippen LogP contribution in [-0.4, -0.2) is 60.2 Å². The Labute approximate surface area is 130 Å². The van der Waals surface area contributed by atoms with E-state index in [9.17, 15) is 14.9 Å².